The van der Waals surface area contributed by atoms with Gasteiger partial charge in [0.1, 0.15) is 0 Å². The Morgan fingerprint density at radius 1 is 0.298 bits per heavy atom. The Kier molecular flexibility index (Phi) is 23.3. The minimum absolute atomic E-state index is 0.296. The molecule has 3 aromatic carbocycles. The Bertz CT molecular complexity index is 4590. The maximum Gasteiger partial charge on any atom is 0.233 e. The minimum atomic E-state index is 0.296. The van der Waals surface area contributed by atoms with E-state index in [1.54, 1.807) is 0 Å². The van der Waals surface area contributed by atoms with Crippen molar-refractivity contribution in [3.63, 3.8) is 0 Å². The summed E-state index contributed by atoms with van der Waals surface area (Å²) in [7, 11) is 0. The van der Waals surface area contributed by atoms with Crippen LogP contribution in [0, 0.1) is 5.92 Å². The average molecular weight is 1550 g/mol. The van der Waals surface area contributed by atoms with E-state index in [0.29, 0.717) is 289 Å². The number of hydrogen-bond acceptors (Lipinski definition) is 36. The first kappa shape index (κ1) is 74.8. The molecule has 17 aliphatic rings. The van der Waals surface area contributed by atoms with Gasteiger partial charge in [-0.3, -0.25) is 0 Å². The highest BCUT2D eigenvalue weighted by atomic mass is 15.5. The Morgan fingerprint density at radius 2 is 0.588 bits per heavy atom. The van der Waals surface area contributed by atoms with Gasteiger partial charge < -0.3 is 90.7 Å². The number of benzene rings is 3. The molecule has 0 atom stereocenters. The first-order chi connectivity index (χ1) is 56.1. The van der Waals surface area contributed by atoms with Gasteiger partial charge in [-0.05, 0) is 54.9 Å². The monoisotopic (exact) mass is 1550 g/mol. The van der Waals surface area contributed by atoms with Gasteiger partial charge in [0.05, 0.1) is 0 Å². The number of hydrogen-bond donors (Lipinski definition) is 6. The lowest BCUT2D eigenvalue weighted by atomic mass is 9.96. The van der Waals surface area contributed by atoms with E-state index in [-0.39, 0.29) is 0 Å². The summed E-state index contributed by atoms with van der Waals surface area (Å²) in [5.41, 5.74) is 3.24. The number of piperazine rings is 6. The summed E-state index contributed by atoms with van der Waals surface area (Å²) in [6.45, 7) is 24.5. The van der Waals surface area contributed by atoms with Gasteiger partial charge in [-0.25, -0.2) is 0 Å². The van der Waals surface area contributed by atoms with E-state index in [9.17, 15) is 0 Å². The van der Waals surface area contributed by atoms with E-state index >= 15 is 0 Å². The van der Waals surface area contributed by atoms with Gasteiger partial charge in [-0.1, -0.05) is 132 Å². The van der Waals surface area contributed by atoms with Gasteiger partial charge >= 0.3 is 0 Å². The van der Waals surface area contributed by atoms with Crippen LogP contribution in [0.3, 0.4) is 0 Å². The second-order valence-corrected chi connectivity index (χ2v) is 30.8. The maximum absolute atomic E-state index is 5.31. The number of nitrogens with zero attached hydrogens (tertiary/aromatic N) is 30. The molecule has 1 saturated carbocycles. The van der Waals surface area contributed by atoms with E-state index < -0.39 is 0 Å². The summed E-state index contributed by atoms with van der Waals surface area (Å²) >= 11 is 0. The molecule has 598 valence electrons. The molecule has 9 aromatic rings. The molecule has 0 spiro atoms. The molecule has 36 nitrogen and oxygen atoms in total. The van der Waals surface area contributed by atoms with Crippen molar-refractivity contribution in [3.05, 3.63) is 102 Å². The third-order valence-corrected chi connectivity index (χ3v) is 22.3. The second kappa shape index (κ2) is 35.4. The fraction of sp³-hybridized carbons (Fsp3) is 0.538. The molecular formula is C78H106N36. The lowest BCUT2D eigenvalue weighted by Crippen LogP contribution is -2.50. The zero-order valence-corrected chi connectivity index (χ0v) is 65.9. The molecular weight excluding hydrogens is 1440 g/mol. The zero-order chi connectivity index (χ0) is 76.9. The summed E-state index contributed by atoms with van der Waals surface area (Å²) in [4.78, 5) is 121. The number of nitrogens with one attached hydrogen (secondary N) is 6. The van der Waals surface area contributed by atoms with Gasteiger partial charge in [0.25, 0.3) is 0 Å². The van der Waals surface area contributed by atoms with Gasteiger partial charge in [0.15, 0.2) is 0 Å². The van der Waals surface area contributed by atoms with Crippen LogP contribution in [-0.4, -0.2) is 272 Å². The molecule has 6 N–H and O–H groups in total. The number of rotatable bonds is 19. The largest absolute Gasteiger partial charge is 0.354 e. The van der Waals surface area contributed by atoms with Gasteiger partial charge in [-0.2, -0.15) is 89.7 Å². The maximum atomic E-state index is 5.31. The smallest absolute Gasteiger partial charge is 0.233 e. The highest BCUT2D eigenvalue weighted by molar-refractivity contribution is 5.59. The van der Waals surface area contributed by atoms with Crippen LogP contribution in [0.2, 0.25) is 0 Å². The van der Waals surface area contributed by atoms with E-state index in [4.69, 9.17) is 89.7 Å². The highest BCUT2D eigenvalue weighted by Gasteiger charge is 2.34. The Balaban J connectivity index is 0.681. The van der Waals surface area contributed by atoms with Gasteiger partial charge in [-0.15, -0.1) is 0 Å². The third-order valence-electron chi connectivity index (χ3n) is 22.3. The zero-order valence-electron chi connectivity index (χ0n) is 65.9. The van der Waals surface area contributed by atoms with Crippen molar-refractivity contribution in [2.45, 2.75) is 91.1 Å². The molecule has 36 heteroatoms. The number of anilines is 19. The summed E-state index contributed by atoms with van der Waals surface area (Å²) in [5, 5.41) is 21.6. The predicted octanol–water partition coefficient (Wildman–Crippen LogP) is 6.49. The molecule has 0 unspecified atom stereocenters. The van der Waals surface area contributed by atoms with Crippen LogP contribution < -0.4 is 90.7 Å². The Labute approximate surface area is 666 Å². The minimum Gasteiger partial charge on any atom is -0.354 e. The van der Waals surface area contributed by atoms with Crippen molar-refractivity contribution in [1.29, 1.82) is 0 Å². The first-order valence-corrected chi connectivity index (χ1v) is 41.3. The number of aromatic nitrogens is 18. The van der Waals surface area contributed by atoms with Crippen LogP contribution in [0.5, 0.6) is 0 Å². The Hall–Kier alpha value is -11.9. The Morgan fingerprint density at radius 3 is 0.921 bits per heavy atom. The van der Waals surface area contributed by atoms with Crippen molar-refractivity contribution in [2.75, 3.05) is 267 Å². The fourth-order valence-electron chi connectivity index (χ4n) is 15.6. The van der Waals surface area contributed by atoms with Crippen LogP contribution in [0.15, 0.2) is 91.0 Å². The molecule has 24 bridgehead atoms. The van der Waals surface area contributed by atoms with Crippen molar-refractivity contribution < 1.29 is 0 Å². The number of unbranched alkanes of at least 4 members (excludes halogenated alkanes) is 2. The third kappa shape index (κ3) is 18.6. The summed E-state index contributed by atoms with van der Waals surface area (Å²) in [6.07, 6.45) is 9.83. The van der Waals surface area contributed by atoms with Gasteiger partial charge in [0, 0.05) is 195 Å². The molecule has 1 aliphatic carbocycles. The molecule has 6 aromatic heterocycles. The molecule has 6 saturated heterocycles. The summed E-state index contributed by atoms with van der Waals surface area (Å²) < 4.78 is 0. The van der Waals surface area contributed by atoms with E-state index in [1.807, 2.05) is 42.5 Å². The van der Waals surface area contributed by atoms with Crippen LogP contribution in [0.1, 0.15) is 83.3 Å². The van der Waals surface area contributed by atoms with Crippen LogP contribution in [0.25, 0.3) is 0 Å². The van der Waals surface area contributed by atoms with Crippen molar-refractivity contribution >= 4 is 113 Å². The summed E-state index contributed by atoms with van der Waals surface area (Å²) in [5.74, 6) is 11.2. The van der Waals surface area contributed by atoms with E-state index in [0.717, 1.165) is 62.9 Å². The molecule has 26 rings (SSSR count). The van der Waals surface area contributed by atoms with Crippen molar-refractivity contribution in [2.24, 2.45) is 5.92 Å². The van der Waals surface area contributed by atoms with E-state index in [1.165, 1.54) is 24.8 Å². The van der Waals surface area contributed by atoms with Crippen LogP contribution in [-0.2, 0) is 13.0 Å². The molecule has 0 amide bonds. The molecule has 114 heavy (non-hydrogen) atoms. The van der Waals surface area contributed by atoms with Crippen molar-refractivity contribution in [3.8, 4) is 0 Å². The molecule has 7 fully saturated rings. The molecule has 0 radical (unpaired) electrons. The summed E-state index contributed by atoms with van der Waals surface area (Å²) in [6, 6.07) is 31.2. The first-order valence-electron chi connectivity index (χ1n) is 41.3. The highest BCUT2D eigenvalue weighted by Crippen LogP contribution is 2.32. The normalized spacial score (nSPS) is 17.6. The topological polar surface area (TPSA) is 343 Å². The average Bonchev–Trinajstić information content (AvgIpc) is 0.800. The molecule has 22 heterocycles. The lowest BCUT2D eigenvalue weighted by Gasteiger charge is -2.38. The lowest BCUT2D eigenvalue weighted by molar-refractivity contribution is 0.460. The SMILES string of the molecule is CCCCCNc1nc2nc(n1)N1CCN(CC1)c1nc(NCC(C)C)nc(n1)N1CCN(CC1)c1nc(NC3CCCCC3)nc(n1)N1CCN(CC1)c1nc(Nc3ccccc3)nc(n1)N1CCN(CC1)c1nc(NCCc3ccccc3)nc(n1)N1CCN(CC1)c1nc(NCc3ccccc3)nc(n1)N1CCN2CC1. The van der Waals surface area contributed by atoms with E-state index in [2.05, 4.69) is 160 Å². The van der Waals surface area contributed by atoms with Crippen LogP contribution >= 0.6 is 0 Å². The van der Waals surface area contributed by atoms with Crippen molar-refractivity contribution in [1.82, 2.24) is 89.7 Å². The number of para-hydroxylation sites is 1. The second-order valence-electron chi connectivity index (χ2n) is 30.8. The van der Waals surface area contributed by atoms with Gasteiger partial charge in [0.2, 0.25) is 107 Å². The molecule has 16 aliphatic heterocycles. The quantitative estimate of drug-likeness (QED) is 0.0471. The predicted molar refractivity (Wildman–Crippen MR) is 449 cm³/mol. The fourth-order valence-corrected chi connectivity index (χ4v) is 15.6. The van der Waals surface area contributed by atoms with Crippen LogP contribution in [0.4, 0.5) is 113 Å². The standard InChI is InChI=1S/C78H106N36/c1-4-5-18-28-79-61-85-67-97-68(86-61)104-32-38-109(39-33-104)73-91-64(82-55-58-21-12-7-13-22-58)92-74(100-73)110-40-34-105(35-41-110)69-87-62(80-29-27-57-19-10-6-11-20-57)88-70(98-69)106-42-46-111(47-43-106)75-93-65(83-59-23-14-8-15-24-59)95-77(101-75)113-50-52-114(53-51-113)78-96-66(84-60-25-16-9-17-26-60)94-76(102-78)112-48-44-108(45-49-112)72-90-63(81-54-56(2)3)89-71(99-72)107-36-30-103(67)31-37-107/h6-8,10-15,19-24,56,60H,4-5,9,16-18,25-55H2,1-3H3,(H,79,85,86,97)(H,80,87,88,98)(H,81,89,90,99)(H,82,91,92,100)(H,83,93,95,101)(H,84,94,96,102).